The van der Waals surface area contributed by atoms with E-state index in [0.717, 1.165) is 44.9 Å². The van der Waals surface area contributed by atoms with E-state index >= 15 is 0 Å². The summed E-state index contributed by atoms with van der Waals surface area (Å²) in [5.41, 5.74) is 1.27. The van der Waals surface area contributed by atoms with Gasteiger partial charge >= 0.3 is 0 Å². The molecule has 2 aliphatic heterocycles. The molecule has 0 unspecified atom stereocenters. The summed E-state index contributed by atoms with van der Waals surface area (Å²) in [6.07, 6.45) is 9.41. The second-order valence-corrected chi connectivity index (χ2v) is 11.2. The highest BCUT2D eigenvalue weighted by Gasteiger charge is 2.46. The molecule has 1 saturated carbocycles. The van der Waals surface area contributed by atoms with Gasteiger partial charge in [0.1, 0.15) is 0 Å². The quantitative estimate of drug-likeness (QED) is 0.461. The molecule has 3 aromatic rings. The third kappa shape index (κ3) is 5.00. The van der Waals surface area contributed by atoms with Gasteiger partial charge in [0.05, 0.1) is 17.9 Å². The SMILES string of the molecule is O=C(CN1c2nc(-c3ccccn3)cc(=O)n2CCC12CCN(C(=O)C1CCCCC1)CC2)c1ccccc1. The topological polar surface area (TPSA) is 88.4 Å². The van der Waals surface area contributed by atoms with E-state index in [2.05, 4.69) is 9.88 Å². The fraction of sp³-hybridized carbons (Fsp3) is 0.452. The van der Waals surface area contributed by atoms with Gasteiger partial charge in [0.15, 0.2) is 5.78 Å². The van der Waals surface area contributed by atoms with E-state index in [0.29, 0.717) is 48.4 Å². The maximum absolute atomic E-state index is 13.5. The molecule has 1 amide bonds. The van der Waals surface area contributed by atoms with Crippen molar-refractivity contribution in [3.8, 4) is 11.4 Å². The first-order valence-corrected chi connectivity index (χ1v) is 14.2. The largest absolute Gasteiger partial charge is 0.342 e. The molecule has 1 spiro atoms. The average Bonchev–Trinajstić information content (AvgIpc) is 3.00. The Hall–Kier alpha value is -3.81. The molecule has 0 atom stereocenters. The van der Waals surface area contributed by atoms with Crippen molar-refractivity contribution in [1.82, 2.24) is 19.4 Å². The molecule has 6 rings (SSSR count). The number of nitrogens with zero attached hydrogens (tertiary/aromatic N) is 5. The van der Waals surface area contributed by atoms with Crippen LogP contribution in [0.5, 0.6) is 0 Å². The van der Waals surface area contributed by atoms with Crippen LogP contribution in [-0.4, -0.2) is 56.3 Å². The molecule has 2 aromatic heterocycles. The van der Waals surface area contributed by atoms with Crippen LogP contribution in [0.4, 0.5) is 5.95 Å². The number of carbonyl (C=O) groups excluding carboxylic acids is 2. The summed E-state index contributed by atoms with van der Waals surface area (Å²) >= 11 is 0. The van der Waals surface area contributed by atoms with Gasteiger partial charge in [-0.25, -0.2) is 4.98 Å². The highest BCUT2D eigenvalue weighted by Crippen LogP contribution is 2.40. The van der Waals surface area contributed by atoms with Crippen LogP contribution >= 0.6 is 0 Å². The Morgan fingerprint density at radius 1 is 0.872 bits per heavy atom. The number of carbonyl (C=O) groups is 2. The highest BCUT2D eigenvalue weighted by atomic mass is 16.2. The zero-order valence-corrected chi connectivity index (χ0v) is 22.3. The van der Waals surface area contributed by atoms with Crippen molar-refractivity contribution in [1.29, 1.82) is 0 Å². The van der Waals surface area contributed by atoms with Crippen LogP contribution in [0.1, 0.15) is 61.7 Å². The molecule has 8 nitrogen and oxygen atoms in total. The van der Waals surface area contributed by atoms with Crippen molar-refractivity contribution in [2.75, 3.05) is 24.5 Å². The van der Waals surface area contributed by atoms with Crippen molar-refractivity contribution in [3.05, 3.63) is 76.7 Å². The van der Waals surface area contributed by atoms with E-state index in [-0.39, 0.29) is 29.3 Å². The highest BCUT2D eigenvalue weighted by molar-refractivity contribution is 5.99. The van der Waals surface area contributed by atoms with Crippen LogP contribution in [0.3, 0.4) is 0 Å². The van der Waals surface area contributed by atoms with Gasteiger partial charge in [-0.05, 0) is 44.2 Å². The molecule has 0 N–H and O–H groups in total. The number of hydrogen-bond acceptors (Lipinski definition) is 6. The summed E-state index contributed by atoms with van der Waals surface area (Å²) in [5, 5.41) is 0. The Morgan fingerprint density at radius 3 is 2.31 bits per heavy atom. The number of anilines is 1. The van der Waals surface area contributed by atoms with Gasteiger partial charge < -0.3 is 9.80 Å². The normalized spacial score (nSPS) is 19.1. The van der Waals surface area contributed by atoms with Gasteiger partial charge in [-0.1, -0.05) is 55.7 Å². The Kier molecular flexibility index (Phi) is 7.02. The lowest BCUT2D eigenvalue weighted by Gasteiger charge is -2.52. The lowest BCUT2D eigenvalue weighted by atomic mass is 9.80. The number of ketones is 1. The van der Waals surface area contributed by atoms with E-state index < -0.39 is 0 Å². The number of hydrogen-bond donors (Lipinski definition) is 0. The molecule has 202 valence electrons. The fourth-order valence-electron chi connectivity index (χ4n) is 6.59. The monoisotopic (exact) mass is 525 g/mol. The molecule has 1 aromatic carbocycles. The third-order valence-corrected chi connectivity index (χ3v) is 8.89. The predicted octanol–water partition coefficient (Wildman–Crippen LogP) is 4.34. The van der Waals surface area contributed by atoms with Crippen LogP contribution in [0.2, 0.25) is 0 Å². The van der Waals surface area contributed by atoms with Gasteiger partial charge in [0, 0.05) is 48.9 Å². The number of benzene rings is 1. The van der Waals surface area contributed by atoms with Crippen LogP contribution in [0.15, 0.2) is 65.6 Å². The number of rotatable bonds is 5. The van der Waals surface area contributed by atoms with Gasteiger partial charge in [0.25, 0.3) is 5.56 Å². The number of aromatic nitrogens is 3. The van der Waals surface area contributed by atoms with E-state index in [4.69, 9.17) is 4.98 Å². The zero-order valence-electron chi connectivity index (χ0n) is 22.3. The van der Waals surface area contributed by atoms with E-state index in [1.54, 1.807) is 10.8 Å². The lowest BCUT2D eigenvalue weighted by Crippen LogP contribution is -2.62. The standard InChI is InChI=1S/C31H35N5O3/c37-27(23-9-3-1-4-10-23)22-36-30-33-26(25-13-7-8-17-32-25)21-28(38)35(30)20-16-31(36)14-18-34(19-15-31)29(39)24-11-5-2-6-12-24/h1,3-4,7-10,13,17,21,24H,2,5-6,11-12,14-16,18-20,22H2. The number of fused-ring (bicyclic) bond motifs is 1. The molecule has 8 heteroatoms. The minimum Gasteiger partial charge on any atom is -0.342 e. The van der Waals surface area contributed by atoms with Gasteiger partial charge in [0.2, 0.25) is 11.9 Å². The molecule has 1 saturated heterocycles. The maximum Gasteiger partial charge on any atom is 0.255 e. The number of pyridine rings is 1. The van der Waals surface area contributed by atoms with Gasteiger partial charge in [-0.2, -0.15) is 0 Å². The second kappa shape index (κ2) is 10.8. The second-order valence-electron chi connectivity index (χ2n) is 11.2. The summed E-state index contributed by atoms with van der Waals surface area (Å²) in [6, 6.07) is 16.4. The van der Waals surface area contributed by atoms with Crippen molar-refractivity contribution in [2.24, 2.45) is 5.92 Å². The van der Waals surface area contributed by atoms with Crippen molar-refractivity contribution in [3.63, 3.8) is 0 Å². The van der Waals surface area contributed by atoms with Crippen LogP contribution in [0, 0.1) is 5.92 Å². The third-order valence-electron chi connectivity index (χ3n) is 8.89. The van der Waals surface area contributed by atoms with E-state index in [1.165, 1.54) is 12.5 Å². The summed E-state index contributed by atoms with van der Waals surface area (Å²) in [4.78, 5) is 53.6. The van der Waals surface area contributed by atoms with E-state index in [9.17, 15) is 14.4 Å². The van der Waals surface area contributed by atoms with Gasteiger partial charge in [-0.3, -0.25) is 23.9 Å². The molecule has 1 aliphatic carbocycles. The predicted molar refractivity (Wildman–Crippen MR) is 150 cm³/mol. The summed E-state index contributed by atoms with van der Waals surface area (Å²) in [5.74, 6) is 0.948. The smallest absolute Gasteiger partial charge is 0.255 e. The first-order valence-electron chi connectivity index (χ1n) is 14.2. The fourth-order valence-corrected chi connectivity index (χ4v) is 6.59. The zero-order chi connectivity index (χ0) is 26.8. The molecule has 39 heavy (non-hydrogen) atoms. The van der Waals surface area contributed by atoms with Crippen LogP contribution < -0.4 is 10.5 Å². The molecule has 2 fully saturated rings. The van der Waals surface area contributed by atoms with Crippen molar-refractivity contribution >= 4 is 17.6 Å². The Balaban J connectivity index is 1.34. The number of likely N-dealkylation sites (tertiary alicyclic amines) is 1. The minimum atomic E-state index is -0.351. The Bertz CT molecular complexity index is 1390. The van der Waals surface area contributed by atoms with E-state index in [1.807, 2.05) is 53.4 Å². The average molecular weight is 526 g/mol. The van der Waals surface area contributed by atoms with Crippen molar-refractivity contribution < 1.29 is 9.59 Å². The molecule has 4 heterocycles. The van der Waals surface area contributed by atoms with Gasteiger partial charge in [-0.15, -0.1) is 0 Å². The molecule has 3 aliphatic rings. The molecule has 0 radical (unpaired) electrons. The number of piperidine rings is 1. The molecular formula is C31H35N5O3. The van der Waals surface area contributed by atoms with Crippen LogP contribution in [0.25, 0.3) is 11.4 Å². The number of amides is 1. The summed E-state index contributed by atoms with van der Waals surface area (Å²) in [6.45, 7) is 1.99. The Labute approximate surface area is 228 Å². The first-order chi connectivity index (χ1) is 19.0. The van der Waals surface area contributed by atoms with Crippen molar-refractivity contribution in [2.45, 2.75) is 63.5 Å². The summed E-state index contributed by atoms with van der Waals surface area (Å²) in [7, 11) is 0. The lowest BCUT2D eigenvalue weighted by molar-refractivity contribution is -0.138. The molecular weight excluding hydrogens is 490 g/mol. The first kappa shape index (κ1) is 25.5. The Morgan fingerprint density at radius 2 is 1.59 bits per heavy atom. The summed E-state index contributed by atoms with van der Waals surface area (Å²) < 4.78 is 1.69. The maximum atomic E-state index is 13.5. The molecule has 0 bridgehead atoms. The van der Waals surface area contributed by atoms with Crippen LogP contribution in [-0.2, 0) is 11.3 Å². The number of Topliss-reactive ketones (excluding diaryl/α,β-unsaturated/α-hetero) is 1. The minimum absolute atomic E-state index is 0.0124.